The van der Waals surface area contributed by atoms with Crippen molar-refractivity contribution in [2.75, 3.05) is 40.9 Å². The van der Waals surface area contributed by atoms with Gasteiger partial charge in [-0.15, -0.1) is 0 Å². The van der Waals surface area contributed by atoms with Crippen LogP contribution in [0.2, 0.25) is 0 Å². The second-order valence-corrected chi connectivity index (χ2v) is 7.55. The third kappa shape index (κ3) is 4.25. The Morgan fingerprint density at radius 2 is 2.04 bits per heavy atom. The Morgan fingerprint density at radius 3 is 2.71 bits per heavy atom. The van der Waals surface area contributed by atoms with Crippen LogP contribution in [-0.2, 0) is 20.7 Å². The lowest BCUT2D eigenvalue weighted by molar-refractivity contribution is -0.149. The van der Waals surface area contributed by atoms with Gasteiger partial charge in [0.15, 0.2) is 0 Å². The van der Waals surface area contributed by atoms with E-state index in [-0.39, 0.29) is 18.4 Å². The molecule has 0 bridgehead atoms. The Kier molecular flexibility index (Phi) is 6.14. The molecule has 1 aliphatic rings. The minimum absolute atomic E-state index is 0.0000722. The first-order valence-electron chi connectivity index (χ1n) is 9.45. The van der Waals surface area contributed by atoms with E-state index in [0.717, 1.165) is 17.7 Å². The standard InChI is InChI=1S/C21H27N3O4/c1-23(2)20(26)21(10-7-11-24(15-21)19(25)14-27-3)13-17-12-18(22-28-17)16-8-5-4-6-9-16/h4-6,8-9,12H,7,10-11,13-15H2,1-3H3. The first kappa shape index (κ1) is 20.1. The summed E-state index contributed by atoms with van der Waals surface area (Å²) in [5.41, 5.74) is 0.982. The van der Waals surface area contributed by atoms with Crippen LogP contribution in [0.25, 0.3) is 11.3 Å². The number of ether oxygens (including phenoxy) is 1. The fourth-order valence-corrected chi connectivity index (χ4v) is 3.90. The van der Waals surface area contributed by atoms with Gasteiger partial charge >= 0.3 is 0 Å². The van der Waals surface area contributed by atoms with E-state index >= 15 is 0 Å². The summed E-state index contributed by atoms with van der Waals surface area (Å²) in [5.74, 6) is 0.552. The monoisotopic (exact) mass is 385 g/mol. The summed E-state index contributed by atoms with van der Waals surface area (Å²) in [6.07, 6.45) is 1.86. The van der Waals surface area contributed by atoms with Crippen molar-refractivity contribution in [3.05, 3.63) is 42.2 Å². The first-order valence-corrected chi connectivity index (χ1v) is 9.45. The number of nitrogens with zero attached hydrogens (tertiary/aromatic N) is 3. The smallest absolute Gasteiger partial charge is 0.248 e. The van der Waals surface area contributed by atoms with Crippen LogP contribution in [0, 0.1) is 5.41 Å². The average molecular weight is 385 g/mol. The molecule has 0 spiro atoms. The van der Waals surface area contributed by atoms with E-state index in [1.807, 2.05) is 36.4 Å². The van der Waals surface area contributed by atoms with E-state index < -0.39 is 5.41 Å². The molecule has 0 N–H and O–H groups in total. The summed E-state index contributed by atoms with van der Waals surface area (Å²) in [6, 6.07) is 11.7. The zero-order valence-electron chi connectivity index (χ0n) is 16.7. The number of hydrogen-bond acceptors (Lipinski definition) is 5. The molecule has 1 aliphatic heterocycles. The number of carbonyl (C=O) groups excluding carboxylic acids is 2. The second-order valence-electron chi connectivity index (χ2n) is 7.55. The minimum Gasteiger partial charge on any atom is -0.375 e. The number of rotatable bonds is 6. The van der Waals surface area contributed by atoms with E-state index in [0.29, 0.717) is 31.7 Å². The average Bonchev–Trinajstić information content (AvgIpc) is 3.16. The molecule has 2 heterocycles. The van der Waals surface area contributed by atoms with Gasteiger partial charge in [-0.25, -0.2) is 0 Å². The van der Waals surface area contributed by atoms with E-state index in [4.69, 9.17) is 9.26 Å². The van der Waals surface area contributed by atoms with Gasteiger partial charge in [0.2, 0.25) is 11.8 Å². The fourth-order valence-electron chi connectivity index (χ4n) is 3.90. The number of piperidine rings is 1. The lowest BCUT2D eigenvalue weighted by Gasteiger charge is -2.42. The van der Waals surface area contributed by atoms with Crippen LogP contribution in [0.3, 0.4) is 0 Å². The van der Waals surface area contributed by atoms with Crippen molar-refractivity contribution >= 4 is 11.8 Å². The number of hydrogen-bond donors (Lipinski definition) is 0. The van der Waals surface area contributed by atoms with Crippen molar-refractivity contribution in [3.63, 3.8) is 0 Å². The van der Waals surface area contributed by atoms with Crippen LogP contribution in [0.4, 0.5) is 0 Å². The largest absolute Gasteiger partial charge is 0.375 e. The molecule has 1 atom stereocenters. The fraction of sp³-hybridized carbons (Fsp3) is 0.476. The number of aromatic nitrogens is 1. The van der Waals surface area contributed by atoms with Crippen LogP contribution in [0.1, 0.15) is 18.6 Å². The number of methoxy groups -OCH3 is 1. The highest BCUT2D eigenvalue weighted by molar-refractivity contribution is 5.85. The molecule has 28 heavy (non-hydrogen) atoms. The van der Waals surface area contributed by atoms with Crippen LogP contribution < -0.4 is 0 Å². The number of amides is 2. The van der Waals surface area contributed by atoms with Crippen molar-refractivity contribution in [2.24, 2.45) is 5.41 Å². The Morgan fingerprint density at radius 1 is 1.29 bits per heavy atom. The van der Waals surface area contributed by atoms with Crippen LogP contribution in [-0.4, -0.2) is 67.7 Å². The van der Waals surface area contributed by atoms with Crippen LogP contribution >= 0.6 is 0 Å². The molecule has 1 aromatic carbocycles. The van der Waals surface area contributed by atoms with Gasteiger partial charge in [-0.2, -0.15) is 0 Å². The van der Waals surface area contributed by atoms with E-state index in [9.17, 15) is 9.59 Å². The van der Waals surface area contributed by atoms with Crippen molar-refractivity contribution in [2.45, 2.75) is 19.3 Å². The van der Waals surface area contributed by atoms with Gasteiger partial charge in [0, 0.05) is 52.3 Å². The highest BCUT2D eigenvalue weighted by Gasteiger charge is 2.45. The van der Waals surface area contributed by atoms with Crippen LogP contribution in [0.5, 0.6) is 0 Å². The van der Waals surface area contributed by atoms with Crippen molar-refractivity contribution in [1.82, 2.24) is 15.0 Å². The predicted octanol–water partition coefficient (Wildman–Crippen LogP) is 2.23. The molecule has 150 valence electrons. The zero-order valence-corrected chi connectivity index (χ0v) is 16.7. The molecule has 2 aromatic rings. The predicted molar refractivity (Wildman–Crippen MR) is 104 cm³/mol. The lowest BCUT2D eigenvalue weighted by atomic mass is 9.75. The van der Waals surface area contributed by atoms with Crippen molar-refractivity contribution in [3.8, 4) is 11.3 Å². The van der Waals surface area contributed by atoms with Crippen molar-refractivity contribution < 1.29 is 18.8 Å². The van der Waals surface area contributed by atoms with Crippen LogP contribution in [0.15, 0.2) is 40.9 Å². The molecular formula is C21H27N3O4. The maximum absolute atomic E-state index is 13.1. The third-order valence-electron chi connectivity index (χ3n) is 5.20. The van der Waals surface area contributed by atoms with Gasteiger partial charge in [-0.3, -0.25) is 9.59 Å². The van der Waals surface area contributed by atoms with Gasteiger partial charge in [0.05, 0.1) is 5.41 Å². The Labute approximate surface area is 165 Å². The molecule has 0 saturated carbocycles. The van der Waals surface area contributed by atoms with E-state index in [2.05, 4.69) is 5.16 Å². The Balaban J connectivity index is 1.86. The lowest BCUT2D eigenvalue weighted by Crippen LogP contribution is -2.54. The van der Waals surface area contributed by atoms with Crippen molar-refractivity contribution in [1.29, 1.82) is 0 Å². The van der Waals surface area contributed by atoms with E-state index in [1.165, 1.54) is 7.11 Å². The topological polar surface area (TPSA) is 75.9 Å². The van der Waals surface area contributed by atoms with Gasteiger partial charge in [0.1, 0.15) is 18.1 Å². The Hall–Kier alpha value is -2.67. The molecule has 1 unspecified atom stereocenters. The molecule has 1 saturated heterocycles. The Bertz CT molecular complexity index is 818. The number of carbonyl (C=O) groups is 2. The summed E-state index contributed by atoms with van der Waals surface area (Å²) >= 11 is 0. The summed E-state index contributed by atoms with van der Waals surface area (Å²) < 4.78 is 10.6. The second kappa shape index (κ2) is 8.56. The molecule has 0 radical (unpaired) electrons. The molecular weight excluding hydrogens is 358 g/mol. The molecule has 1 fully saturated rings. The molecule has 7 nitrogen and oxygen atoms in total. The van der Waals surface area contributed by atoms with Gasteiger partial charge < -0.3 is 19.1 Å². The molecule has 2 amide bonds. The van der Waals surface area contributed by atoms with Gasteiger partial charge in [-0.05, 0) is 12.8 Å². The quantitative estimate of drug-likeness (QED) is 0.762. The highest BCUT2D eigenvalue weighted by atomic mass is 16.5. The maximum Gasteiger partial charge on any atom is 0.248 e. The normalized spacial score (nSPS) is 19.5. The van der Waals surface area contributed by atoms with Gasteiger partial charge in [-0.1, -0.05) is 35.5 Å². The molecule has 3 rings (SSSR count). The first-order chi connectivity index (χ1) is 13.4. The zero-order chi connectivity index (χ0) is 20.1. The highest BCUT2D eigenvalue weighted by Crippen LogP contribution is 2.36. The van der Waals surface area contributed by atoms with E-state index in [1.54, 1.807) is 23.9 Å². The molecule has 1 aromatic heterocycles. The van der Waals surface area contributed by atoms with Gasteiger partial charge in [0.25, 0.3) is 0 Å². The maximum atomic E-state index is 13.1. The summed E-state index contributed by atoms with van der Waals surface area (Å²) in [6.45, 7) is 1.01. The molecule has 0 aliphatic carbocycles. The summed E-state index contributed by atoms with van der Waals surface area (Å²) in [4.78, 5) is 28.8. The number of likely N-dealkylation sites (tertiary alicyclic amines) is 1. The summed E-state index contributed by atoms with van der Waals surface area (Å²) in [7, 11) is 4.99. The minimum atomic E-state index is -0.724. The molecule has 7 heteroatoms. The summed E-state index contributed by atoms with van der Waals surface area (Å²) in [5, 5.41) is 4.17. The third-order valence-corrected chi connectivity index (χ3v) is 5.20. The number of benzene rings is 1. The SMILES string of the molecule is COCC(=O)N1CCCC(Cc2cc(-c3ccccc3)no2)(C(=O)N(C)C)C1.